The monoisotopic (exact) mass is 270 g/mol. The number of H-pyrrole nitrogens is 1. The van der Waals surface area contributed by atoms with E-state index in [1.54, 1.807) is 18.3 Å². The fourth-order valence-corrected chi connectivity index (χ4v) is 1.76. The third-order valence-electron chi connectivity index (χ3n) is 2.63. The van der Waals surface area contributed by atoms with Crippen LogP contribution >= 0.6 is 0 Å². The Morgan fingerprint density at radius 1 is 1.35 bits per heavy atom. The van der Waals surface area contributed by atoms with E-state index in [0.29, 0.717) is 16.9 Å². The zero-order valence-corrected chi connectivity index (χ0v) is 10.5. The number of rotatable bonds is 3. The molecule has 2 N–H and O–H groups in total. The zero-order chi connectivity index (χ0) is 14.1. The number of hydrogen-bond donors (Lipinski definition) is 2. The molecule has 0 bridgehead atoms. The van der Waals surface area contributed by atoms with Crippen LogP contribution in [0.3, 0.4) is 0 Å². The lowest BCUT2D eigenvalue weighted by molar-refractivity contribution is 0.0696. The summed E-state index contributed by atoms with van der Waals surface area (Å²) in [6.45, 7) is 1.82. The van der Waals surface area contributed by atoms with Crippen molar-refractivity contribution in [3.63, 3.8) is 0 Å². The first kappa shape index (κ1) is 12.1. The Morgan fingerprint density at radius 2 is 2.20 bits per heavy atom. The Hall–Kier alpha value is -2.96. The molecular weight excluding hydrogens is 260 g/mol. The Labute approximate surface area is 113 Å². The van der Waals surface area contributed by atoms with E-state index >= 15 is 0 Å². The molecule has 0 fully saturated rings. The molecule has 0 aliphatic heterocycles. The van der Waals surface area contributed by atoms with Crippen LogP contribution in [0.5, 0.6) is 11.8 Å². The summed E-state index contributed by atoms with van der Waals surface area (Å²) < 4.78 is 5.45. The normalized spacial score (nSPS) is 10.7. The van der Waals surface area contributed by atoms with Crippen LogP contribution in [0.4, 0.5) is 0 Å². The highest BCUT2D eigenvalue weighted by molar-refractivity contribution is 5.88. The molecule has 2 aromatic heterocycles. The van der Waals surface area contributed by atoms with E-state index in [1.165, 1.54) is 12.1 Å². The molecule has 3 rings (SSSR count). The Kier molecular flexibility index (Phi) is 2.79. The number of aromatic nitrogens is 4. The van der Waals surface area contributed by atoms with Gasteiger partial charge in [-0.05, 0) is 25.1 Å². The van der Waals surface area contributed by atoms with Crippen LogP contribution in [0.25, 0.3) is 11.2 Å². The highest BCUT2D eigenvalue weighted by atomic mass is 16.5. The molecule has 2 heterocycles. The molecule has 7 nitrogen and oxygen atoms in total. The third-order valence-corrected chi connectivity index (χ3v) is 2.63. The lowest BCUT2D eigenvalue weighted by atomic mass is 10.2. The number of nitrogens with zero attached hydrogens (tertiary/aromatic N) is 3. The summed E-state index contributed by atoms with van der Waals surface area (Å²) in [6.07, 6.45) is 1.57. The van der Waals surface area contributed by atoms with Gasteiger partial charge in [-0.15, -0.1) is 0 Å². The maximum Gasteiger partial charge on any atom is 0.335 e. The second-order valence-electron chi connectivity index (χ2n) is 4.15. The van der Waals surface area contributed by atoms with Crippen molar-refractivity contribution in [1.29, 1.82) is 0 Å². The molecule has 0 aliphatic carbocycles. The van der Waals surface area contributed by atoms with Crippen molar-refractivity contribution < 1.29 is 14.6 Å². The van der Waals surface area contributed by atoms with E-state index in [4.69, 9.17) is 9.84 Å². The highest BCUT2D eigenvalue weighted by Gasteiger charge is 2.08. The molecule has 0 spiro atoms. The maximum absolute atomic E-state index is 10.9. The molecule has 0 unspecified atom stereocenters. The number of hydrogen-bond acceptors (Lipinski definition) is 5. The minimum atomic E-state index is -1.02. The standard InChI is InChI=1S/C13H10N4O3/c1-7-15-10-6-14-13(17-11(10)16-7)20-9-4-2-3-8(5-9)12(18)19/h2-6H,1H3,(H,18,19)(H,14,15,16,17). The summed E-state index contributed by atoms with van der Waals surface area (Å²) in [5.74, 6) is 0.0746. The van der Waals surface area contributed by atoms with Gasteiger partial charge in [-0.3, -0.25) is 0 Å². The second kappa shape index (κ2) is 4.61. The van der Waals surface area contributed by atoms with Crippen molar-refractivity contribution in [3.8, 4) is 11.8 Å². The lowest BCUT2D eigenvalue weighted by Crippen LogP contribution is -1.97. The minimum Gasteiger partial charge on any atom is -0.478 e. The van der Waals surface area contributed by atoms with Crippen LogP contribution < -0.4 is 4.74 Å². The predicted molar refractivity (Wildman–Crippen MR) is 69.9 cm³/mol. The van der Waals surface area contributed by atoms with Crippen LogP contribution in [0.15, 0.2) is 30.5 Å². The number of aryl methyl sites for hydroxylation is 1. The third kappa shape index (κ3) is 2.28. The molecule has 20 heavy (non-hydrogen) atoms. The van der Waals surface area contributed by atoms with E-state index in [2.05, 4.69) is 19.9 Å². The molecule has 3 aromatic rings. The zero-order valence-electron chi connectivity index (χ0n) is 10.5. The average Bonchev–Trinajstić information content (AvgIpc) is 2.78. The number of benzene rings is 1. The van der Waals surface area contributed by atoms with Gasteiger partial charge in [0.05, 0.1) is 11.8 Å². The number of carbonyl (C=O) groups is 1. The summed E-state index contributed by atoms with van der Waals surface area (Å²) >= 11 is 0. The summed E-state index contributed by atoms with van der Waals surface area (Å²) in [5, 5.41) is 8.92. The molecule has 0 aliphatic rings. The molecule has 0 amide bonds. The summed E-state index contributed by atoms with van der Waals surface area (Å²) in [7, 11) is 0. The molecule has 0 saturated carbocycles. The SMILES string of the molecule is Cc1nc2nc(Oc3cccc(C(=O)O)c3)ncc2[nH]1. The fourth-order valence-electron chi connectivity index (χ4n) is 1.76. The maximum atomic E-state index is 10.9. The summed E-state index contributed by atoms with van der Waals surface area (Å²) in [5.41, 5.74) is 1.36. The molecule has 1 aromatic carbocycles. The number of ether oxygens (including phenoxy) is 1. The van der Waals surface area contributed by atoms with E-state index in [9.17, 15) is 4.79 Å². The van der Waals surface area contributed by atoms with Crippen LogP contribution in [0.1, 0.15) is 16.2 Å². The van der Waals surface area contributed by atoms with Crippen molar-refractivity contribution in [3.05, 3.63) is 41.9 Å². The fraction of sp³-hybridized carbons (Fsp3) is 0.0769. The van der Waals surface area contributed by atoms with Gasteiger partial charge < -0.3 is 14.8 Å². The second-order valence-corrected chi connectivity index (χ2v) is 4.15. The molecule has 7 heteroatoms. The van der Waals surface area contributed by atoms with Gasteiger partial charge >= 0.3 is 12.0 Å². The van der Waals surface area contributed by atoms with Gasteiger partial charge in [-0.2, -0.15) is 4.98 Å². The number of carboxylic acid groups (broad SMARTS) is 1. The van der Waals surface area contributed by atoms with Crippen LogP contribution in [0.2, 0.25) is 0 Å². The minimum absolute atomic E-state index is 0.117. The molecule has 0 radical (unpaired) electrons. The van der Waals surface area contributed by atoms with E-state index in [0.717, 1.165) is 5.82 Å². The van der Waals surface area contributed by atoms with Gasteiger partial charge in [-0.25, -0.2) is 14.8 Å². The Bertz CT molecular complexity index is 797. The van der Waals surface area contributed by atoms with Crippen molar-refractivity contribution >= 4 is 17.1 Å². The highest BCUT2D eigenvalue weighted by Crippen LogP contribution is 2.20. The number of carboxylic acids is 1. The van der Waals surface area contributed by atoms with Crippen molar-refractivity contribution in [2.45, 2.75) is 6.92 Å². The quantitative estimate of drug-likeness (QED) is 0.756. The molecule has 0 atom stereocenters. The van der Waals surface area contributed by atoms with Crippen molar-refractivity contribution in [2.24, 2.45) is 0 Å². The van der Waals surface area contributed by atoms with E-state index in [1.807, 2.05) is 6.92 Å². The first-order chi connectivity index (χ1) is 9.61. The van der Waals surface area contributed by atoms with E-state index < -0.39 is 5.97 Å². The molecular formula is C13H10N4O3. The van der Waals surface area contributed by atoms with Crippen molar-refractivity contribution in [1.82, 2.24) is 19.9 Å². The first-order valence-electron chi connectivity index (χ1n) is 5.82. The average molecular weight is 270 g/mol. The van der Waals surface area contributed by atoms with Gasteiger partial charge in [0.25, 0.3) is 0 Å². The smallest absolute Gasteiger partial charge is 0.335 e. The van der Waals surface area contributed by atoms with E-state index in [-0.39, 0.29) is 11.6 Å². The largest absolute Gasteiger partial charge is 0.478 e. The van der Waals surface area contributed by atoms with Gasteiger partial charge in [0.2, 0.25) is 0 Å². The number of aromatic amines is 1. The number of nitrogens with one attached hydrogen (secondary N) is 1. The van der Waals surface area contributed by atoms with Gasteiger partial charge in [0.1, 0.15) is 17.1 Å². The van der Waals surface area contributed by atoms with Gasteiger partial charge in [-0.1, -0.05) is 6.07 Å². The van der Waals surface area contributed by atoms with Crippen LogP contribution in [-0.2, 0) is 0 Å². The molecule has 100 valence electrons. The van der Waals surface area contributed by atoms with Crippen molar-refractivity contribution in [2.75, 3.05) is 0 Å². The Morgan fingerprint density at radius 3 is 3.00 bits per heavy atom. The number of imidazole rings is 1. The Balaban J connectivity index is 1.92. The lowest BCUT2D eigenvalue weighted by Gasteiger charge is -2.03. The van der Waals surface area contributed by atoms with Crippen LogP contribution in [-0.4, -0.2) is 31.0 Å². The summed E-state index contributed by atoms with van der Waals surface area (Å²) in [4.78, 5) is 26.2. The first-order valence-corrected chi connectivity index (χ1v) is 5.82. The van der Waals surface area contributed by atoms with Gasteiger partial charge in [0.15, 0.2) is 5.65 Å². The van der Waals surface area contributed by atoms with Crippen LogP contribution in [0, 0.1) is 6.92 Å². The topological polar surface area (TPSA) is 101 Å². The summed E-state index contributed by atoms with van der Waals surface area (Å²) in [6, 6.07) is 6.24. The number of aromatic carboxylic acids is 1. The van der Waals surface area contributed by atoms with Gasteiger partial charge in [0, 0.05) is 0 Å². The number of fused-ring (bicyclic) bond motifs is 1. The molecule has 0 saturated heterocycles. The predicted octanol–water partition coefficient (Wildman–Crippen LogP) is 2.15.